The summed E-state index contributed by atoms with van der Waals surface area (Å²) in [5.41, 5.74) is 0. The van der Waals surface area contributed by atoms with Gasteiger partial charge in [0.15, 0.2) is 0 Å². The molecule has 1 fully saturated rings. The zero-order valence-electron chi connectivity index (χ0n) is 9.44. The zero-order chi connectivity index (χ0) is 11.4. The van der Waals surface area contributed by atoms with Crippen molar-refractivity contribution in [1.29, 1.82) is 0 Å². The molecule has 16 heavy (non-hydrogen) atoms. The van der Waals surface area contributed by atoms with Crippen LogP contribution in [-0.4, -0.2) is 17.7 Å². The smallest absolute Gasteiger partial charge is 0.230 e. The summed E-state index contributed by atoms with van der Waals surface area (Å²) in [6.45, 7) is 2.26. The molecule has 4 heteroatoms. The first-order valence-electron chi connectivity index (χ1n) is 5.69. The Morgan fingerprint density at radius 2 is 2.50 bits per heavy atom. The van der Waals surface area contributed by atoms with Crippen LogP contribution in [0.5, 0.6) is 0 Å². The number of carbonyl (C=O) groups excluding carboxylic acids is 1. The quantitative estimate of drug-likeness (QED) is 0.837. The molecule has 2 rings (SSSR count). The van der Waals surface area contributed by atoms with Gasteiger partial charge in [0, 0.05) is 6.04 Å². The minimum absolute atomic E-state index is 0.178. The Balaban J connectivity index is 1.68. The van der Waals surface area contributed by atoms with Crippen LogP contribution in [0.2, 0.25) is 0 Å². The molecular weight excluding hydrogens is 238 g/mol. The monoisotopic (exact) mass is 255 g/mol. The maximum atomic E-state index is 11.7. The molecule has 2 unspecified atom stereocenters. The number of thiophene rings is 1. The first-order chi connectivity index (χ1) is 7.74. The topological polar surface area (TPSA) is 29.1 Å². The van der Waals surface area contributed by atoms with Gasteiger partial charge in [0.25, 0.3) is 0 Å². The van der Waals surface area contributed by atoms with E-state index in [2.05, 4.69) is 18.3 Å². The van der Waals surface area contributed by atoms with Crippen molar-refractivity contribution in [2.75, 3.05) is 5.75 Å². The molecule has 0 aromatic carbocycles. The third-order valence-electron chi connectivity index (χ3n) is 2.90. The highest BCUT2D eigenvalue weighted by atomic mass is 32.2. The minimum atomic E-state index is 0.178. The summed E-state index contributed by atoms with van der Waals surface area (Å²) in [5, 5.41) is 5.16. The van der Waals surface area contributed by atoms with Gasteiger partial charge in [-0.05, 0) is 36.6 Å². The molecule has 0 spiro atoms. The molecule has 1 aliphatic carbocycles. The molecule has 1 saturated carbocycles. The van der Waals surface area contributed by atoms with Crippen LogP contribution >= 0.6 is 23.1 Å². The number of hydrogen-bond donors (Lipinski definition) is 1. The van der Waals surface area contributed by atoms with E-state index in [0.29, 0.717) is 11.8 Å². The molecule has 0 bridgehead atoms. The Bertz CT molecular complexity index is 337. The highest BCUT2D eigenvalue weighted by Gasteiger charge is 2.22. The first-order valence-corrected chi connectivity index (χ1v) is 7.56. The predicted molar refractivity (Wildman–Crippen MR) is 70.0 cm³/mol. The molecule has 88 valence electrons. The summed E-state index contributed by atoms with van der Waals surface area (Å²) in [5.74, 6) is 1.50. The molecule has 1 aromatic heterocycles. The van der Waals surface area contributed by atoms with E-state index in [1.54, 1.807) is 23.1 Å². The van der Waals surface area contributed by atoms with Crippen LogP contribution in [0, 0.1) is 5.92 Å². The molecular formula is C12H17NOS2. The van der Waals surface area contributed by atoms with Crippen molar-refractivity contribution in [2.24, 2.45) is 5.92 Å². The van der Waals surface area contributed by atoms with Crippen molar-refractivity contribution in [1.82, 2.24) is 5.32 Å². The number of carbonyl (C=O) groups is 1. The molecule has 1 aliphatic rings. The van der Waals surface area contributed by atoms with E-state index in [0.717, 1.165) is 18.8 Å². The summed E-state index contributed by atoms with van der Waals surface area (Å²) < 4.78 is 1.22. The van der Waals surface area contributed by atoms with Crippen molar-refractivity contribution >= 4 is 29.0 Å². The van der Waals surface area contributed by atoms with Crippen molar-refractivity contribution in [3.05, 3.63) is 17.5 Å². The summed E-state index contributed by atoms with van der Waals surface area (Å²) in [4.78, 5) is 11.7. The van der Waals surface area contributed by atoms with Crippen LogP contribution in [0.3, 0.4) is 0 Å². The lowest BCUT2D eigenvalue weighted by atomic mass is 10.1. The molecule has 1 amide bonds. The van der Waals surface area contributed by atoms with Gasteiger partial charge in [-0.3, -0.25) is 4.79 Å². The van der Waals surface area contributed by atoms with E-state index in [-0.39, 0.29) is 5.91 Å². The summed E-state index contributed by atoms with van der Waals surface area (Å²) in [6, 6.07) is 4.50. The van der Waals surface area contributed by atoms with Crippen LogP contribution in [0.4, 0.5) is 0 Å². The van der Waals surface area contributed by atoms with Crippen molar-refractivity contribution in [3.63, 3.8) is 0 Å². The minimum Gasteiger partial charge on any atom is -0.353 e. The van der Waals surface area contributed by atoms with Gasteiger partial charge in [-0.2, -0.15) is 0 Å². The van der Waals surface area contributed by atoms with Gasteiger partial charge in [0.2, 0.25) is 5.91 Å². The number of nitrogens with one attached hydrogen (secondary N) is 1. The normalized spacial score (nSPS) is 24.6. The van der Waals surface area contributed by atoms with Gasteiger partial charge in [-0.1, -0.05) is 13.0 Å². The maximum absolute atomic E-state index is 11.7. The molecule has 0 saturated heterocycles. The average Bonchev–Trinajstić information content (AvgIpc) is 2.87. The summed E-state index contributed by atoms with van der Waals surface area (Å²) in [7, 11) is 0. The van der Waals surface area contributed by atoms with Crippen LogP contribution in [0.1, 0.15) is 26.2 Å². The van der Waals surface area contributed by atoms with Crippen LogP contribution in [0.25, 0.3) is 0 Å². The fourth-order valence-electron chi connectivity index (χ4n) is 2.09. The second-order valence-corrected chi connectivity index (χ2v) is 6.63. The van der Waals surface area contributed by atoms with E-state index in [4.69, 9.17) is 0 Å². The molecule has 1 heterocycles. The fourth-order valence-corrected chi connectivity index (χ4v) is 3.69. The van der Waals surface area contributed by atoms with Crippen molar-refractivity contribution in [2.45, 2.75) is 36.4 Å². The Morgan fingerprint density at radius 1 is 1.62 bits per heavy atom. The maximum Gasteiger partial charge on any atom is 0.230 e. The molecule has 0 radical (unpaired) electrons. The van der Waals surface area contributed by atoms with Gasteiger partial charge in [0.1, 0.15) is 0 Å². The van der Waals surface area contributed by atoms with Crippen LogP contribution < -0.4 is 5.32 Å². The van der Waals surface area contributed by atoms with E-state index < -0.39 is 0 Å². The Morgan fingerprint density at radius 3 is 3.12 bits per heavy atom. The lowest BCUT2D eigenvalue weighted by Gasteiger charge is -2.11. The number of thioether (sulfide) groups is 1. The molecule has 1 N–H and O–H groups in total. The Hall–Kier alpha value is -0.480. The SMILES string of the molecule is CC1CCC(NC(=O)CSc2cccs2)C1. The third-order valence-corrected chi connectivity index (χ3v) is 5.03. The number of amides is 1. The summed E-state index contributed by atoms with van der Waals surface area (Å²) in [6.07, 6.45) is 3.55. The average molecular weight is 255 g/mol. The zero-order valence-corrected chi connectivity index (χ0v) is 11.1. The Kier molecular flexibility index (Phi) is 4.29. The largest absolute Gasteiger partial charge is 0.353 e. The second-order valence-electron chi connectivity index (χ2n) is 4.40. The molecule has 0 aliphatic heterocycles. The first kappa shape index (κ1) is 12.0. The Labute approximate surface area is 105 Å². The van der Waals surface area contributed by atoms with Crippen molar-refractivity contribution in [3.8, 4) is 0 Å². The third kappa shape index (κ3) is 3.52. The van der Waals surface area contributed by atoms with Gasteiger partial charge in [-0.25, -0.2) is 0 Å². The van der Waals surface area contributed by atoms with Crippen molar-refractivity contribution < 1.29 is 4.79 Å². The lowest BCUT2D eigenvalue weighted by molar-refractivity contribution is -0.119. The molecule has 2 atom stereocenters. The molecule has 1 aromatic rings. The summed E-state index contributed by atoms with van der Waals surface area (Å²) >= 11 is 3.32. The standard InChI is InChI=1S/C12H17NOS2/c1-9-4-5-10(7-9)13-11(14)8-16-12-3-2-6-15-12/h2-3,6,9-10H,4-5,7-8H2,1H3,(H,13,14). The fraction of sp³-hybridized carbons (Fsp3) is 0.583. The van der Waals surface area contributed by atoms with Crippen LogP contribution in [-0.2, 0) is 4.79 Å². The highest BCUT2D eigenvalue weighted by Crippen LogP contribution is 2.25. The van der Waals surface area contributed by atoms with E-state index >= 15 is 0 Å². The number of hydrogen-bond acceptors (Lipinski definition) is 3. The van der Waals surface area contributed by atoms with Crippen LogP contribution in [0.15, 0.2) is 21.7 Å². The number of rotatable bonds is 4. The van der Waals surface area contributed by atoms with Gasteiger partial charge >= 0.3 is 0 Å². The lowest BCUT2D eigenvalue weighted by Crippen LogP contribution is -2.34. The van der Waals surface area contributed by atoms with Gasteiger partial charge < -0.3 is 5.32 Å². The van der Waals surface area contributed by atoms with Gasteiger partial charge in [0.05, 0.1) is 9.96 Å². The molecule has 2 nitrogen and oxygen atoms in total. The predicted octanol–water partition coefficient (Wildman–Crippen LogP) is 3.15. The van der Waals surface area contributed by atoms with E-state index in [1.165, 1.54) is 10.6 Å². The second kappa shape index (κ2) is 5.73. The van der Waals surface area contributed by atoms with E-state index in [1.807, 2.05) is 11.4 Å². The highest BCUT2D eigenvalue weighted by molar-refractivity contribution is 8.01. The van der Waals surface area contributed by atoms with Gasteiger partial charge in [-0.15, -0.1) is 23.1 Å². The van der Waals surface area contributed by atoms with E-state index in [9.17, 15) is 4.79 Å².